The summed E-state index contributed by atoms with van der Waals surface area (Å²) in [5.41, 5.74) is 7.53. The van der Waals surface area contributed by atoms with Crippen LogP contribution in [0.15, 0.2) is 18.2 Å². The molecular formula is C15H25N3O2. The molecule has 0 aliphatic rings. The second-order valence-electron chi connectivity index (χ2n) is 6.18. The third kappa shape index (κ3) is 5.09. The van der Waals surface area contributed by atoms with Crippen LogP contribution in [0.25, 0.3) is 0 Å². The summed E-state index contributed by atoms with van der Waals surface area (Å²) < 4.78 is 0. The number of benzene rings is 1. The van der Waals surface area contributed by atoms with Crippen LogP contribution in [-0.2, 0) is 0 Å². The Kier molecular flexibility index (Phi) is 5.39. The van der Waals surface area contributed by atoms with Gasteiger partial charge in [0.1, 0.15) is 0 Å². The molecule has 1 atom stereocenters. The zero-order valence-electron chi connectivity index (χ0n) is 12.7. The van der Waals surface area contributed by atoms with Gasteiger partial charge in [-0.15, -0.1) is 0 Å². The van der Waals surface area contributed by atoms with Crippen LogP contribution in [0.5, 0.6) is 0 Å². The number of rotatable bonds is 5. The van der Waals surface area contributed by atoms with Crippen molar-refractivity contribution in [3.8, 4) is 0 Å². The first-order chi connectivity index (χ1) is 9.23. The number of hydrogen-bond donors (Lipinski definition) is 4. The maximum Gasteiger partial charge on any atom is 0.253 e. The Hall–Kier alpha value is -1.75. The van der Waals surface area contributed by atoms with Crippen molar-refractivity contribution in [3.63, 3.8) is 0 Å². The highest BCUT2D eigenvalue weighted by molar-refractivity contribution is 6.00. The van der Waals surface area contributed by atoms with Gasteiger partial charge in [0.05, 0.1) is 11.7 Å². The van der Waals surface area contributed by atoms with E-state index in [2.05, 4.69) is 31.4 Å². The molecule has 1 aromatic carbocycles. The Morgan fingerprint density at radius 2 is 2.05 bits per heavy atom. The Labute approximate surface area is 120 Å². The van der Waals surface area contributed by atoms with Gasteiger partial charge in [-0.05, 0) is 30.0 Å². The molecule has 0 bridgehead atoms. The number of nitrogen functional groups attached to an aromatic ring is 1. The van der Waals surface area contributed by atoms with Crippen LogP contribution in [0.1, 0.15) is 37.6 Å². The average molecular weight is 279 g/mol. The SMILES string of the molecule is CNC(=O)c1ccc(N)cc1NCC(O)CC(C)(C)C. The van der Waals surface area contributed by atoms with Crippen molar-refractivity contribution >= 4 is 17.3 Å². The Morgan fingerprint density at radius 1 is 1.40 bits per heavy atom. The lowest BCUT2D eigenvalue weighted by atomic mass is 9.89. The van der Waals surface area contributed by atoms with Gasteiger partial charge in [-0.2, -0.15) is 0 Å². The molecule has 0 heterocycles. The quantitative estimate of drug-likeness (QED) is 0.619. The van der Waals surface area contributed by atoms with Gasteiger partial charge in [-0.3, -0.25) is 4.79 Å². The van der Waals surface area contributed by atoms with E-state index in [0.717, 1.165) is 0 Å². The largest absolute Gasteiger partial charge is 0.399 e. The molecule has 1 aromatic rings. The fraction of sp³-hybridized carbons (Fsp3) is 0.533. The summed E-state index contributed by atoms with van der Waals surface area (Å²) in [6.07, 6.45) is 0.200. The van der Waals surface area contributed by atoms with Crippen molar-refractivity contribution in [2.75, 3.05) is 24.6 Å². The van der Waals surface area contributed by atoms with E-state index >= 15 is 0 Å². The van der Waals surface area contributed by atoms with Crippen molar-refractivity contribution in [3.05, 3.63) is 23.8 Å². The molecule has 0 radical (unpaired) electrons. The molecule has 1 amide bonds. The summed E-state index contributed by atoms with van der Waals surface area (Å²) in [5, 5.41) is 15.7. The van der Waals surface area contributed by atoms with Crippen LogP contribution < -0.4 is 16.4 Å². The molecule has 5 nitrogen and oxygen atoms in total. The van der Waals surface area contributed by atoms with E-state index in [1.165, 1.54) is 0 Å². The topological polar surface area (TPSA) is 87.4 Å². The molecule has 0 saturated carbocycles. The molecule has 0 saturated heterocycles. The maximum atomic E-state index is 11.8. The predicted octanol–water partition coefficient (Wildman–Crippen LogP) is 1.84. The second-order valence-corrected chi connectivity index (χ2v) is 6.18. The standard InChI is InChI=1S/C15H25N3O2/c1-15(2,3)8-11(19)9-18-13-7-10(16)5-6-12(13)14(20)17-4/h5-7,11,18-19H,8-9,16H2,1-4H3,(H,17,20). The number of carbonyl (C=O) groups excluding carboxylic acids is 1. The zero-order chi connectivity index (χ0) is 15.3. The van der Waals surface area contributed by atoms with Gasteiger partial charge in [-0.1, -0.05) is 20.8 Å². The Balaban J connectivity index is 2.76. The summed E-state index contributed by atoms with van der Waals surface area (Å²) >= 11 is 0. The molecule has 112 valence electrons. The number of carbonyl (C=O) groups is 1. The van der Waals surface area contributed by atoms with E-state index in [9.17, 15) is 9.90 Å². The molecule has 1 rings (SSSR count). The number of amides is 1. The molecule has 0 aromatic heterocycles. The third-order valence-electron chi connectivity index (χ3n) is 2.89. The molecule has 20 heavy (non-hydrogen) atoms. The van der Waals surface area contributed by atoms with E-state index < -0.39 is 6.10 Å². The lowest BCUT2D eigenvalue weighted by Gasteiger charge is -2.23. The van der Waals surface area contributed by atoms with Crippen LogP contribution in [0.3, 0.4) is 0 Å². The van der Waals surface area contributed by atoms with Gasteiger partial charge in [-0.25, -0.2) is 0 Å². The lowest BCUT2D eigenvalue weighted by molar-refractivity contribution is 0.0963. The molecule has 1 unspecified atom stereocenters. The van der Waals surface area contributed by atoms with E-state index in [1.54, 1.807) is 25.2 Å². The molecule has 0 fully saturated rings. The molecule has 0 spiro atoms. The van der Waals surface area contributed by atoms with Crippen LogP contribution in [0.2, 0.25) is 0 Å². The molecule has 5 N–H and O–H groups in total. The summed E-state index contributed by atoms with van der Waals surface area (Å²) in [4.78, 5) is 11.8. The molecule has 5 heteroatoms. The zero-order valence-corrected chi connectivity index (χ0v) is 12.7. The first-order valence-electron chi connectivity index (χ1n) is 6.76. The highest BCUT2D eigenvalue weighted by Gasteiger charge is 2.17. The van der Waals surface area contributed by atoms with Crippen LogP contribution in [0, 0.1) is 5.41 Å². The van der Waals surface area contributed by atoms with Crippen molar-refractivity contribution in [2.24, 2.45) is 5.41 Å². The average Bonchev–Trinajstić information content (AvgIpc) is 2.33. The Morgan fingerprint density at radius 3 is 2.60 bits per heavy atom. The highest BCUT2D eigenvalue weighted by atomic mass is 16.3. The van der Waals surface area contributed by atoms with Crippen molar-refractivity contribution < 1.29 is 9.90 Å². The lowest BCUT2D eigenvalue weighted by Crippen LogP contribution is -2.26. The first kappa shape index (κ1) is 16.3. The fourth-order valence-electron chi connectivity index (χ4n) is 2.05. The van der Waals surface area contributed by atoms with Crippen molar-refractivity contribution in [1.29, 1.82) is 0 Å². The maximum absolute atomic E-state index is 11.8. The van der Waals surface area contributed by atoms with Crippen molar-refractivity contribution in [1.82, 2.24) is 5.32 Å². The molecule has 0 aliphatic carbocycles. The third-order valence-corrected chi connectivity index (χ3v) is 2.89. The van der Waals surface area contributed by atoms with Gasteiger partial charge in [0, 0.05) is 25.0 Å². The number of hydrogen-bond acceptors (Lipinski definition) is 4. The number of nitrogens with two attached hydrogens (primary N) is 1. The Bertz CT molecular complexity index is 467. The van der Waals surface area contributed by atoms with Crippen LogP contribution >= 0.6 is 0 Å². The number of aliphatic hydroxyl groups excluding tert-OH is 1. The van der Waals surface area contributed by atoms with Gasteiger partial charge >= 0.3 is 0 Å². The van der Waals surface area contributed by atoms with Gasteiger partial charge in [0.25, 0.3) is 5.91 Å². The summed E-state index contributed by atoms with van der Waals surface area (Å²) in [5.74, 6) is -0.183. The normalized spacial score (nSPS) is 12.8. The first-order valence-corrected chi connectivity index (χ1v) is 6.76. The fourth-order valence-corrected chi connectivity index (χ4v) is 2.05. The van der Waals surface area contributed by atoms with Crippen LogP contribution in [0.4, 0.5) is 11.4 Å². The van der Waals surface area contributed by atoms with Gasteiger partial charge in [0.2, 0.25) is 0 Å². The minimum atomic E-state index is -0.478. The summed E-state index contributed by atoms with van der Waals surface area (Å²) in [6.45, 7) is 6.61. The number of nitrogens with one attached hydrogen (secondary N) is 2. The summed E-state index contributed by atoms with van der Waals surface area (Å²) in [6, 6.07) is 5.06. The van der Waals surface area contributed by atoms with E-state index in [4.69, 9.17) is 5.73 Å². The van der Waals surface area contributed by atoms with Gasteiger partial charge in [0.15, 0.2) is 0 Å². The smallest absolute Gasteiger partial charge is 0.253 e. The van der Waals surface area contributed by atoms with Crippen LogP contribution in [-0.4, -0.2) is 30.7 Å². The second kappa shape index (κ2) is 6.61. The van der Waals surface area contributed by atoms with E-state index in [-0.39, 0.29) is 11.3 Å². The van der Waals surface area contributed by atoms with Crippen molar-refractivity contribution in [2.45, 2.75) is 33.3 Å². The van der Waals surface area contributed by atoms with Gasteiger partial charge < -0.3 is 21.5 Å². The van der Waals surface area contributed by atoms with E-state index in [1.807, 2.05) is 0 Å². The number of anilines is 2. The molecular weight excluding hydrogens is 254 g/mol. The van der Waals surface area contributed by atoms with E-state index in [0.29, 0.717) is 29.9 Å². The predicted molar refractivity (Wildman–Crippen MR) is 82.8 cm³/mol. The minimum absolute atomic E-state index is 0.0560. The highest BCUT2D eigenvalue weighted by Crippen LogP contribution is 2.22. The monoisotopic (exact) mass is 279 g/mol. The summed E-state index contributed by atoms with van der Waals surface area (Å²) in [7, 11) is 1.58. The number of aliphatic hydroxyl groups is 1. The minimum Gasteiger partial charge on any atom is -0.399 e. The molecule has 0 aliphatic heterocycles.